The SMILES string of the molecule is C[C@@H](CN1CCc2ccc3c(c21)CCCO3)NC(=O)OC(C)(C)C.C[C@@H](CN1CCc2ccc3c(c21)CCCO3)NC(=O)OC(C)(C)C. The van der Waals surface area contributed by atoms with E-state index in [2.05, 4.69) is 44.7 Å². The van der Waals surface area contributed by atoms with Gasteiger partial charge in [-0.15, -0.1) is 0 Å². The summed E-state index contributed by atoms with van der Waals surface area (Å²) in [5.41, 5.74) is 7.16. The Labute approximate surface area is 286 Å². The summed E-state index contributed by atoms with van der Waals surface area (Å²) in [5, 5.41) is 5.88. The van der Waals surface area contributed by atoms with Gasteiger partial charge in [0.05, 0.1) is 13.2 Å². The van der Waals surface area contributed by atoms with Gasteiger partial charge in [-0.3, -0.25) is 0 Å². The van der Waals surface area contributed by atoms with Crippen molar-refractivity contribution in [2.45, 2.75) is 117 Å². The van der Waals surface area contributed by atoms with Crippen molar-refractivity contribution in [2.75, 3.05) is 49.2 Å². The molecule has 2 aromatic carbocycles. The second-order valence-electron chi connectivity index (χ2n) is 15.5. The third-order valence-electron chi connectivity index (χ3n) is 8.75. The minimum Gasteiger partial charge on any atom is -0.493 e. The summed E-state index contributed by atoms with van der Waals surface area (Å²) < 4.78 is 22.3. The average Bonchev–Trinajstić information content (AvgIpc) is 3.59. The summed E-state index contributed by atoms with van der Waals surface area (Å²) in [5.74, 6) is 2.05. The van der Waals surface area contributed by atoms with Crippen molar-refractivity contribution < 1.29 is 28.5 Å². The van der Waals surface area contributed by atoms with Crippen LogP contribution in [0.1, 0.15) is 90.5 Å². The van der Waals surface area contributed by atoms with Crippen LogP contribution in [-0.2, 0) is 35.2 Å². The Morgan fingerprint density at radius 2 is 1.08 bits per heavy atom. The maximum atomic E-state index is 11.9. The fourth-order valence-corrected chi connectivity index (χ4v) is 7.01. The van der Waals surface area contributed by atoms with Crippen molar-refractivity contribution in [1.29, 1.82) is 0 Å². The van der Waals surface area contributed by atoms with E-state index in [0.29, 0.717) is 0 Å². The summed E-state index contributed by atoms with van der Waals surface area (Å²) in [4.78, 5) is 28.7. The minimum atomic E-state index is -0.472. The number of fused-ring (bicyclic) bond motifs is 6. The fraction of sp³-hybridized carbons (Fsp3) is 0.632. The lowest BCUT2D eigenvalue weighted by Gasteiger charge is -2.29. The van der Waals surface area contributed by atoms with Crippen LogP contribution in [0.25, 0.3) is 0 Å². The first kappa shape index (κ1) is 35.5. The van der Waals surface area contributed by atoms with Crippen molar-refractivity contribution in [1.82, 2.24) is 10.6 Å². The monoisotopic (exact) mass is 664 g/mol. The molecular weight excluding hydrogens is 608 g/mol. The van der Waals surface area contributed by atoms with Crippen LogP contribution in [-0.4, -0.2) is 74.9 Å². The van der Waals surface area contributed by atoms with E-state index in [1.165, 1.54) is 33.6 Å². The van der Waals surface area contributed by atoms with Gasteiger partial charge in [0.15, 0.2) is 0 Å². The third kappa shape index (κ3) is 9.20. The topological polar surface area (TPSA) is 102 Å². The number of ether oxygens (including phenoxy) is 4. The summed E-state index contributed by atoms with van der Waals surface area (Å²) in [6, 6.07) is 8.63. The van der Waals surface area contributed by atoms with Crippen molar-refractivity contribution >= 4 is 23.6 Å². The van der Waals surface area contributed by atoms with Gasteiger partial charge in [-0.1, -0.05) is 12.1 Å². The molecular formula is C38H56N4O6. The Hall–Kier alpha value is -3.82. The molecule has 0 fully saturated rings. The van der Waals surface area contributed by atoms with Crippen LogP contribution in [0.3, 0.4) is 0 Å². The Morgan fingerprint density at radius 3 is 1.46 bits per heavy atom. The Morgan fingerprint density at radius 1 is 0.688 bits per heavy atom. The number of carbonyl (C=O) groups is 2. The smallest absolute Gasteiger partial charge is 0.407 e. The molecule has 0 aliphatic carbocycles. The zero-order chi connectivity index (χ0) is 34.6. The number of anilines is 2. The number of carbonyl (C=O) groups excluding carboxylic acids is 2. The molecule has 0 radical (unpaired) electrons. The highest BCUT2D eigenvalue weighted by Gasteiger charge is 2.30. The quantitative estimate of drug-likeness (QED) is 0.358. The molecule has 4 aliphatic rings. The van der Waals surface area contributed by atoms with Crippen molar-refractivity contribution in [3.05, 3.63) is 46.5 Å². The van der Waals surface area contributed by atoms with Gasteiger partial charge in [0, 0.05) is 60.8 Å². The number of amides is 2. The molecule has 264 valence electrons. The zero-order valence-electron chi connectivity index (χ0n) is 30.3. The van der Waals surface area contributed by atoms with Gasteiger partial charge in [-0.2, -0.15) is 0 Å². The lowest BCUT2D eigenvalue weighted by molar-refractivity contribution is 0.0498. The van der Waals surface area contributed by atoms with E-state index in [1.54, 1.807) is 0 Å². The molecule has 2 N–H and O–H groups in total. The molecule has 4 aliphatic heterocycles. The number of hydrogen-bond donors (Lipinski definition) is 2. The van der Waals surface area contributed by atoms with E-state index >= 15 is 0 Å². The van der Waals surface area contributed by atoms with Gasteiger partial charge in [0.25, 0.3) is 0 Å². The predicted molar refractivity (Wildman–Crippen MR) is 190 cm³/mol. The highest BCUT2D eigenvalue weighted by Crippen LogP contribution is 2.41. The zero-order valence-corrected chi connectivity index (χ0v) is 30.3. The first-order valence-corrected chi connectivity index (χ1v) is 17.7. The summed E-state index contributed by atoms with van der Waals surface area (Å²) in [7, 11) is 0. The number of alkyl carbamates (subject to hydrolysis) is 2. The largest absolute Gasteiger partial charge is 0.493 e. The maximum Gasteiger partial charge on any atom is 0.407 e. The van der Waals surface area contributed by atoms with Crippen LogP contribution in [0.5, 0.6) is 11.5 Å². The van der Waals surface area contributed by atoms with Crippen LogP contribution in [0.2, 0.25) is 0 Å². The molecule has 10 nitrogen and oxygen atoms in total. The second-order valence-corrected chi connectivity index (χ2v) is 15.5. The highest BCUT2D eigenvalue weighted by atomic mass is 16.6. The van der Waals surface area contributed by atoms with Gasteiger partial charge in [0.1, 0.15) is 22.7 Å². The Balaban J connectivity index is 0.000000188. The van der Waals surface area contributed by atoms with Gasteiger partial charge >= 0.3 is 12.2 Å². The number of nitrogens with one attached hydrogen (secondary N) is 2. The Bertz CT molecular complexity index is 1350. The maximum absolute atomic E-state index is 11.9. The van der Waals surface area contributed by atoms with Gasteiger partial charge in [-0.25, -0.2) is 9.59 Å². The van der Waals surface area contributed by atoms with Gasteiger partial charge in [-0.05, 0) is 117 Å². The van der Waals surface area contributed by atoms with E-state index in [0.717, 1.165) is 89.4 Å². The van der Waals surface area contributed by atoms with E-state index in [1.807, 2.05) is 55.4 Å². The van der Waals surface area contributed by atoms with Crippen molar-refractivity contribution in [2.24, 2.45) is 0 Å². The molecule has 0 bridgehead atoms. The third-order valence-corrected chi connectivity index (χ3v) is 8.75. The van der Waals surface area contributed by atoms with Crippen molar-refractivity contribution in [3.8, 4) is 11.5 Å². The minimum absolute atomic E-state index is 0.0196. The van der Waals surface area contributed by atoms with Gasteiger partial charge in [0.2, 0.25) is 0 Å². The highest BCUT2D eigenvalue weighted by molar-refractivity contribution is 5.71. The van der Waals surface area contributed by atoms with Crippen LogP contribution in [0.15, 0.2) is 24.3 Å². The average molecular weight is 665 g/mol. The molecule has 0 saturated carbocycles. The molecule has 6 rings (SSSR count). The fourth-order valence-electron chi connectivity index (χ4n) is 7.01. The van der Waals surface area contributed by atoms with Gasteiger partial charge < -0.3 is 39.4 Å². The lowest BCUT2D eigenvalue weighted by atomic mass is 10.00. The van der Waals surface area contributed by atoms with E-state index < -0.39 is 11.2 Å². The molecule has 2 amide bonds. The summed E-state index contributed by atoms with van der Waals surface area (Å²) in [6.07, 6.45) is 5.70. The molecule has 0 spiro atoms. The second kappa shape index (κ2) is 14.7. The van der Waals surface area contributed by atoms with E-state index in [4.69, 9.17) is 18.9 Å². The van der Waals surface area contributed by atoms with Crippen LogP contribution >= 0.6 is 0 Å². The normalized spacial score (nSPS) is 17.6. The van der Waals surface area contributed by atoms with Crippen LogP contribution in [0, 0.1) is 0 Å². The molecule has 10 heteroatoms. The number of rotatable bonds is 6. The number of benzene rings is 2. The summed E-state index contributed by atoms with van der Waals surface area (Å²) in [6.45, 7) is 20.5. The molecule has 2 atom stereocenters. The van der Waals surface area contributed by atoms with E-state index in [-0.39, 0.29) is 24.3 Å². The first-order valence-electron chi connectivity index (χ1n) is 17.7. The van der Waals surface area contributed by atoms with E-state index in [9.17, 15) is 9.59 Å². The molecule has 0 saturated heterocycles. The lowest BCUT2D eigenvalue weighted by Crippen LogP contribution is -2.44. The van der Waals surface area contributed by atoms with Crippen LogP contribution < -0.4 is 29.9 Å². The standard InChI is InChI=1S/2C19H28N2O3/c2*1-13(20-18(22)24-19(2,3)4)12-21-10-9-14-7-8-16-15(17(14)21)6-5-11-23-16/h2*7-8,13H,5-6,9-12H2,1-4H3,(H,20,22)/t2*13-/m00/s1. The van der Waals surface area contributed by atoms with Crippen molar-refractivity contribution in [3.63, 3.8) is 0 Å². The molecule has 48 heavy (non-hydrogen) atoms. The number of hydrogen-bond acceptors (Lipinski definition) is 8. The predicted octanol–water partition coefficient (Wildman–Crippen LogP) is 6.57. The first-order chi connectivity index (χ1) is 22.7. The molecule has 4 heterocycles. The number of nitrogens with zero attached hydrogens (tertiary/aromatic N) is 2. The van der Waals surface area contributed by atoms with Crippen LogP contribution in [0.4, 0.5) is 21.0 Å². The molecule has 2 aromatic rings. The summed E-state index contributed by atoms with van der Waals surface area (Å²) >= 11 is 0. The molecule has 0 aromatic heterocycles. The Kier molecular flexibility index (Phi) is 10.9. The molecule has 0 unspecified atom stereocenters.